The van der Waals surface area contributed by atoms with Gasteiger partial charge in [-0.3, -0.25) is 4.79 Å². The number of nitrogens with one attached hydrogen (secondary N) is 1. The van der Waals surface area contributed by atoms with Crippen LogP contribution in [-0.4, -0.2) is 11.3 Å². The molecular formula is C23H29NO. The number of hydrogen-bond acceptors (Lipinski definition) is 1. The van der Waals surface area contributed by atoms with Crippen LogP contribution in [0.25, 0.3) is 10.9 Å². The van der Waals surface area contributed by atoms with Crippen LogP contribution in [0.5, 0.6) is 0 Å². The van der Waals surface area contributed by atoms with Crippen molar-refractivity contribution in [1.82, 2.24) is 4.98 Å². The van der Waals surface area contributed by atoms with Gasteiger partial charge in [0, 0.05) is 27.6 Å². The number of fused-ring (bicyclic) bond motifs is 1. The summed E-state index contributed by atoms with van der Waals surface area (Å²) >= 11 is 0. The largest absolute Gasteiger partial charge is 0.357 e. The van der Waals surface area contributed by atoms with Crippen molar-refractivity contribution in [3.63, 3.8) is 0 Å². The second-order valence-electron chi connectivity index (χ2n) is 9.34. The Hall–Kier alpha value is -1.57. The van der Waals surface area contributed by atoms with Gasteiger partial charge in [-0.05, 0) is 86.3 Å². The maximum Gasteiger partial charge on any atom is 0.152 e. The Balaban J connectivity index is 1.65. The van der Waals surface area contributed by atoms with Gasteiger partial charge in [0.2, 0.25) is 0 Å². The van der Waals surface area contributed by atoms with Gasteiger partial charge in [0.15, 0.2) is 6.29 Å². The zero-order chi connectivity index (χ0) is 17.2. The van der Waals surface area contributed by atoms with E-state index in [1.807, 2.05) is 0 Å². The second kappa shape index (κ2) is 5.46. The normalized spacial score (nSPS) is 34.6. The number of benzene rings is 1. The predicted octanol–water partition coefficient (Wildman–Crippen LogP) is 5.96. The number of carbonyl (C=O) groups excluding carboxylic acids is 1. The number of aromatic amines is 1. The molecule has 1 unspecified atom stereocenters. The van der Waals surface area contributed by atoms with Crippen LogP contribution in [0.3, 0.4) is 0 Å². The SMILES string of the molecule is CCC(C)c1ccc2[nH]c(C34CC5CC(CC(C5)C3)C4)c(C=O)c2c1. The summed E-state index contributed by atoms with van der Waals surface area (Å²) in [5.41, 5.74) is 5.00. The molecule has 4 aliphatic carbocycles. The van der Waals surface area contributed by atoms with Crippen LogP contribution in [0.4, 0.5) is 0 Å². The fourth-order valence-corrected chi connectivity index (χ4v) is 6.73. The van der Waals surface area contributed by atoms with Crippen LogP contribution in [0.2, 0.25) is 0 Å². The smallest absolute Gasteiger partial charge is 0.152 e. The zero-order valence-corrected chi connectivity index (χ0v) is 15.5. The van der Waals surface area contributed by atoms with Gasteiger partial charge < -0.3 is 4.98 Å². The highest BCUT2D eigenvalue weighted by Gasteiger charge is 2.53. The van der Waals surface area contributed by atoms with Crippen LogP contribution in [0.1, 0.15) is 86.3 Å². The minimum Gasteiger partial charge on any atom is -0.357 e. The van der Waals surface area contributed by atoms with E-state index in [-0.39, 0.29) is 5.41 Å². The van der Waals surface area contributed by atoms with Crippen molar-refractivity contribution in [2.24, 2.45) is 17.8 Å². The maximum atomic E-state index is 12.1. The molecule has 2 aromatic rings. The first-order chi connectivity index (χ1) is 12.1. The third kappa shape index (κ3) is 2.26. The quantitative estimate of drug-likeness (QED) is 0.687. The lowest BCUT2D eigenvalue weighted by Crippen LogP contribution is -2.49. The van der Waals surface area contributed by atoms with Gasteiger partial charge in [0.05, 0.1) is 0 Å². The lowest BCUT2D eigenvalue weighted by atomic mass is 9.48. The Bertz CT molecular complexity index is 795. The van der Waals surface area contributed by atoms with Crippen molar-refractivity contribution < 1.29 is 4.79 Å². The standard InChI is InChI=1S/C23H29NO/c1-3-14(2)18-4-5-21-19(9-18)20(13-25)22(24-21)23-10-15-6-16(11-23)8-17(7-15)12-23/h4-5,9,13-17,24H,3,6-8,10-12H2,1-2H3. The van der Waals surface area contributed by atoms with Crippen LogP contribution >= 0.6 is 0 Å². The van der Waals surface area contributed by atoms with E-state index in [1.165, 1.54) is 49.8 Å². The molecule has 2 nitrogen and oxygen atoms in total. The molecule has 4 aliphatic rings. The van der Waals surface area contributed by atoms with E-state index >= 15 is 0 Å². The molecule has 25 heavy (non-hydrogen) atoms. The van der Waals surface area contributed by atoms with E-state index in [0.29, 0.717) is 5.92 Å². The van der Waals surface area contributed by atoms with Crippen LogP contribution in [0, 0.1) is 17.8 Å². The number of H-pyrrole nitrogens is 1. The first-order valence-corrected chi connectivity index (χ1v) is 10.2. The van der Waals surface area contributed by atoms with E-state index < -0.39 is 0 Å². The van der Waals surface area contributed by atoms with Gasteiger partial charge in [-0.2, -0.15) is 0 Å². The molecule has 0 radical (unpaired) electrons. The monoisotopic (exact) mass is 335 g/mol. The van der Waals surface area contributed by atoms with Gasteiger partial charge in [-0.25, -0.2) is 0 Å². The number of rotatable bonds is 4. The first kappa shape index (κ1) is 15.7. The summed E-state index contributed by atoms with van der Waals surface area (Å²) in [6.07, 6.45) is 10.5. The molecule has 1 aromatic carbocycles. The Morgan fingerprint density at radius 1 is 1.16 bits per heavy atom. The van der Waals surface area contributed by atoms with Crippen molar-refractivity contribution in [3.8, 4) is 0 Å². The van der Waals surface area contributed by atoms with Crippen LogP contribution in [0.15, 0.2) is 18.2 Å². The summed E-state index contributed by atoms with van der Waals surface area (Å²) in [5.74, 6) is 3.23. The summed E-state index contributed by atoms with van der Waals surface area (Å²) < 4.78 is 0. The molecular weight excluding hydrogens is 306 g/mol. The average molecular weight is 335 g/mol. The molecule has 1 N–H and O–H groups in total. The Kier molecular flexibility index (Phi) is 3.42. The van der Waals surface area contributed by atoms with E-state index in [0.717, 1.165) is 46.9 Å². The lowest BCUT2D eigenvalue weighted by Gasteiger charge is -2.56. The molecule has 1 atom stereocenters. The number of aromatic nitrogens is 1. The zero-order valence-electron chi connectivity index (χ0n) is 15.5. The van der Waals surface area contributed by atoms with Gasteiger partial charge in [-0.1, -0.05) is 19.9 Å². The lowest BCUT2D eigenvalue weighted by molar-refractivity contribution is -0.00710. The Morgan fingerprint density at radius 2 is 1.80 bits per heavy atom. The average Bonchev–Trinajstić information content (AvgIpc) is 2.98. The molecule has 1 aromatic heterocycles. The molecule has 4 saturated carbocycles. The second-order valence-corrected chi connectivity index (χ2v) is 9.34. The van der Waals surface area contributed by atoms with E-state index in [4.69, 9.17) is 0 Å². The number of hydrogen-bond donors (Lipinski definition) is 1. The summed E-state index contributed by atoms with van der Waals surface area (Å²) in [6.45, 7) is 4.50. The molecule has 0 saturated heterocycles. The third-order valence-electron chi connectivity index (χ3n) is 7.73. The topological polar surface area (TPSA) is 32.9 Å². The molecule has 0 spiro atoms. The summed E-state index contributed by atoms with van der Waals surface area (Å²) in [6, 6.07) is 6.71. The Labute approximate surface area is 150 Å². The minimum absolute atomic E-state index is 0.251. The van der Waals surface area contributed by atoms with Crippen molar-refractivity contribution >= 4 is 17.2 Å². The molecule has 4 bridgehead atoms. The number of aldehydes is 1. The van der Waals surface area contributed by atoms with Crippen LogP contribution in [-0.2, 0) is 5.41 Å². The highest BCUT2D eigenvalue weighted by atomic mass is 16.1. The van der Waals surface area contributed by atoms with E-state index in [2.05, 4.69) is 37.0 Å². The fraction of sp³-hybridized carbons (Fsp3) is 0.609. The van der Waals surface area contributed by atoms with E-state index in [9.17, 15) is 4.79 Å². The van der Waals surface area contributed by atoms with Gasteiger partial charge in [0.25, 0.3) is 0 Å². The molecule has 132 valence electrons. The number of carbonyl (C=O) groups is 1. The van der Waals surface area contributed by atoms with Gasteiger partial charge >= 0.3 is 0 Å². The van der Waals surface area contributed by atoms with Crippen LogP contribution < -0.4 is 0 Å². The van der Waals surface area contributed by atoms with Crippen molar-refractivity contribution in [3.05, 3.63) is 35.0 Å². The molecule has 4 fully saturated rings. The van der Waals surface area contributed by atoms with Crippen molar-refractivity contribution in [2.75, 3.05) is 0 Å². The van der Waals surface area contributed by atoms with E-state index in [1.54, 1.807) is 0 Å². The maximum absolute atomic E-state index is 12.1. The predicted molar refractivity (Wildman–Crippen MR) is 102 cm³/mol. The molecule has 2 heteroatoms. The molecule has 0 aliphatic heterocycles. The van der Waals surface area contributed by atoms with Crippen molar-refractivity contribution in [1.29, 1.82) is 0 Å². The molecule has 6 rings (SSSR count). The van der Waals surface area contributed by atoms with Crippen molar-refractivity contribution in [2.45, 2.75) is 70.1 Å². The van der Waals surface area contributed by atoms with Gasteiger partial charge in [-0.15, -0.1) is 0 Å². The molecule has 0 amide bonds. The third-order valence-corrected chi connectivity index (χ3v) is 7.73. The summed E-state index contributed by atoms with van der Waals surface area (Å²) in [4.78, 5) is 15.9. The molecule has 1 heterocycles. The minimum atomic E-state index is 0.251. The fourth-order valence-electron chi connectivity index (χ4n) is 6.73. The highest BCUT2D eigenvalue weighted by Crippen LogP contribution is 2.61. The Morgan fingerprint density at radius 3 is 2.36 bits per heavy atom. The summed E-state index contributed by atoms with van der Waals surface area (Å²) in [5, 5.41) is 1.15. The van der Waals surface area contributed by atoms with Gasteiger partial charge in [0.1, 0.15) is 0 Å². The highest BCUT2D eigenvalue weighted by molar-refractivity contribution is 5.99. The summed E-state index contributed by atoms with van der Waals surface area (Å²) in [7, 11) is 0. The first-order valence-electron chi connectivity index (χ1n) is 10.2.